The van der Waals surface area contributed by atoms with E-state index in [1.165, 1.54) is 6.92 Å². The molecule has 0 aliphatic heterocycles. The number of ketones is 1. The van der Waals surface area contributed by atoms with Crippen LogP contribution in [0.3, 0.4) is 0 Å². The van der Waals surface area contributed by atoms with Gasteiger partial charge in [0.2, 0.25) is 5.91 Å². The van der Waals surface area contributed by atoms with Crippen LogP contribution in [0, 0.1) is 0 Å². The summed E-state index contributed by atoms with van der Waals surface area (Å²) in [4.78, 5) is 27.2. The molecule has 108 valence electrons. The Balaban J connectivity index is 1.78. The van der Waals surface area contributed by atoms with Crippen molar-refractivity contribution in [1.82, 2.24) is 4.98 Å². The minimum atomic E-state index is -0.0472. The summed E-state index contributed by atoms with van der Waals surface area (Å²) in [5.74, 6) is 0.641. The Morgan fingerprint density at radius 3 is 2.52 bits per heavy atom. The van der Waals surface area contributed by atoms with Crippen molar-refractivity contribution in [3.63, 3.8) is 0 Å². The first-order valence-electron chi connectivity index (χ1n) is 6.60. The van der Waals surface area contributed by atoms with E-state index in [-0.39, 0.29) is 11.7 Å². The lowest BCUT2D eigenvalue weighted by Gasteiger charge is -2.05. The zero-order valence-electron chi connectivity index (χ0n) is 11.7. The van der Waals surface area contributed by atoms with E-state index < -0.39 is 0 Å². The largest absolute Gasteiger partial charge is 0.326 e. The van der Waals surface area contributed by atoms with Gasteiger partial charge >= 0.3 is 0 Å². The summed E-state index contributed by atoms with van der Waals surface area (Å²) >= 11 is 1.55. The summed E-state index contributed by atoms with van der Waals surface area (Å²) in [6, 6.07) is 12.6. The number of hydrogen-bond donors (Lipinski definition) is 1. The van der Waals surface area contributed by atoms with Gasteiger partial charge in [0, 0.05) is 29.6 Å². The van der Waals surface area contributed by atoms with Gasteiger partial charge in [0.1, 0.15) is 0 Å². The monoisotopic (exact) mass is 300 g/mol. The molecule has 21 heavy (non-hydrogen) atoms. The summed E-state index contributed by atoms with van der Waals surface area (Å²) in [5, 5.41) is 3.72. The Morgan fingerprint density at radius 1 is 1.14 bits per heavy atom. The lowest BCUT2D eigenvalue weighted by molar-refractivity contribution is -0.115. The average Bonchev–Trinajstić information content (AvgIpc) is 2.49. The van der Waals surface area contributed by atoms with E-state index in [0.29, 0.717) is 23.4 Å². The number of aromatic nitrogens is 1. The van der Waals surface area contributed by atoms with Gasteiger partial charge in [-0.1, -0.05) is 6.07 Å². The Hall–Kier alpha value is -2.14. The number of Topliss-reactive ketones (excluding diaryl/α,β-unsaturated/α-hetero) is 1. The highest BCUT2D eigenvalue weighted by Gasteiger charge is 2.04. The van der Waals surface area contributed by atoms with Gasteiger partial charge in [-0.15, -0.1) is 11.8 Å². The van der Waals surface area contributed by atoms with Gasteiger partial charge in [0.15, 0.2) is 5.78 Å². The first-order valence-corrected chi connectivity index (χ1v) is 7.58. The number of carbonyl (C=O) groups is 2. The summed E-state index contributed by atoms with van der Waals surface area (Å²) in [5.41, 5.74) is 1.34. The molecular formula is C16H16N2O2S. The molecule has 0 saturated carbocycles. The quantitative estimate of drug-likeness (QED) is 0.656. The van der Waals surface area contributed by atoms with Crippen LogP contribution in [-0.4, -0.2) is 22.4 Å². The van der Waals surface area contributed by atoms with Crippen LogP contribution in [0.25, 0.3) is 0 Å². The van der Waals surface area contributed by atoms with E-state index in [2.05, 4.69) is 10.3 Å². The standard InChI is InChI=1S/C16H16N2O2S/c1-12(19)13-5-7-14(8-6-13)18-15(20)9-11-21-16-4-2-3-10-17-16/h2-8,10H,9,11H2,1H3,(H,18,20). The third-order valence-electron chi connectivity index (χ3n) is 2.79. The fourth-order valence-corrected chi connectivity index (χ4v) is 2.50. The highest BCUT2D eigenvalue weighted by Crippen LogP contribution is 2.16. The highest BCUT2D eigenvalue weighted by atomic mass is 32.2. The van der Waals surface area contributed by atoms with Gasteiger partial charge < -0.3 is 5.32 Å². The summed E-state index contributed by atoms with van der Waals surface area (Å²) < 4.78 is 0. The maximum Gasteiger partial charge on any atom is 0.225 e. The van der Waals surface area contributed by atoms with Crippen LogP contribution in [0.4, 0.5) is 5.69 Å². The van der Waals surface area contributed by atoms with E-state index >= 15 is 0 Å². The number of nitrogens with one attached hydrogen (secondary N) is 1. The SMILES string of the molecule is CC(=O)c1ccc(NC(=O)CCSc2ccccn2)cc1. The molecule has 1 heterocycles. The Morgan fingerprint density at radius 2 is 1.90 bits per heavy atom. The van der Waals surface area contributed by atoms with Gasteiger partial charge in [-0.3, -0.25) is 9.59 Å². The molecule has 1 N–H and O–H groups in total. The van der Waals surface area contributed by atoms with Crippen molar-refractivity contribution in [2.45, 2.75) is 18.4 Å². The van der Waals surface area contributed by atoms with Gasteiger partial charge in [0.05, 0.1) is 5.03 Å². The first kappa shape index (κ1) is 15.3. The average molecular weight is 300 g/mol. The second-order valence-corrected chi connectivity index (χ2v) is 5.56. The number of anilines is 1. The fourth-order valence-electron chi connectivity index (χ4n) is 1.69. The molecule has 0 radical (unpaired) electrons. The molecular weight excluding hydrogens is 284 g/mol. The van der Waals surface area contributed by atoms with Crippen LogP contribution in [0.1, 0.15) is 23.7 Å². The third-order valence-corrected chi connectivity index (χ3v) is 3.74. The van der Waals surface area contributed by atoms with Crippen molar-refractivity contribution in [3.8, 4) is 0 Å². The zero-order chi connectivity index (χ0) is 15.1. The predicted octanol–water partition coefficient (Wildman–Crippen LogP) is 3.41. The Kier molecular flexibility index (Phi) is 5.51. The number of pyridine rings is 1. The molecule has 0 spiro atoms. The third kappa shape index (κ3) is 5.04. The number of benzene rings is 1. The summed E-state index contributed by atoms with van der Waals surface area (Å²) in [6.45, 7) is 1.52. The van der Waals surface area contributed by atoms with Crippen molar-refractivity contribution in [2.24, 2.45) is 0 Å². The normalized spacial score (nSPS) is 10.1. The van der Waals surface area contributed by atoms with Crippen molar-refractivity contribution >= 4 is 29.1 Å². The molecule has 2 aromatic rings. The molecule has 0 atom stereocenters. The maximum absolute atomic E-state index is 11.8. The molecule has 0 fully saturated rings. The van der Waals surface area contributed by atoms with Crippen LogP contribution in [0.5, 0.6) is 0 Å². The first-order chi connectivity index (χ1) is 10.1. The molecule has 4 nitrogen and oxygen atoms in total. The Labute approximate surface area is 128 Å². The number of amides is 1. The minimum Gasteiger partial charge on any atom is -0.326 e. The number of carbonyl (C=O) groups excluding carboxylic acids is 2. The number of hydrogen-bond acceptors (Lipinski definition) is 4. The molecule has 0 bridgehead atoms. The molecule has 2 rings (SSSR count). The fraction of sp³-hybridized carbons (Fsp3) is 0.188. The van der Waals surface area contributed by atoms with Crippen molar-refractivity contribution in [2.75, 3.05) is 11.1 Å². The lowest BCUT2D eigenvalue weighted by Crippen LogP contribution is -2.12. The van der Waals surface area contributed by atoms with Crippen LogP contribution >= 0.6 is 11.8 Å². The molecule has 1 aromatic heterocycles. The van der Waals surface area contributed by atoms with Gasteiger partial charge in [-0.05, 0) is 43.3 Å². The minimum absolute atomic E-state index is 0.0136. The van der Waals surface area contributed by atoms with Crippen LogP contribution < -0.4 is 5.32 Å². The smallest absolute Gasteiger partial charge is 0.225 e. The predicted molar refractivity (Wildman–Crippen MR) is 84.7 cm³/mol. The molecule has 0 saturated heterocycles. The van der Waals surface area contributed by atoms with Gasteiger partial charge in [-0.25, -0.2) is 4.98 Å². The second-order valence-electron chi connectivity index (χ2n) is 4.45. The maximum atomic E-state index is 11.8. The van der Waals surface area contributed by atoms with Crippen LogP contribution in [0.2, 0.25) is 0 Å². The second kappa shape index (κ2) is 7.59. The molecule has 0 aliphatic carbocycles. The van der Waals surface area contributed by atoms with Crippen LogP contribution in [0.15, 0.2) is 53.7 Å². The van der Waals surface area contributed by atoms with Gasteiger partial charge in [-0.2, -0.15) is 0 Å². The van der Waals surface area contributed by atoms with Crippen LogP contribution in [-0.2, 0) is 4.79 Å². The number of rotatable bonds is 6. The molecule has 1 aromatic carbocycles. The lowest BCUT2D eigenvalue weighted by atomic mass is 10.1. The van der Waals surface area contributed by atoms with Crippen molar-refractivity contribution in [3.05, 3.63) is 54.2 Å². The molecule has 0 unspecified atom stereocenters. The zero-order valence-corrected chi connectivity index (χ0v) is 12.5. The molecule has 5 heteroatoms. The van der Waals surface area contributed by atoms with Crippen molar-refractivity contribution in [1.29, 1.82) is 0 Å². The number of thioether (sulfide) groups is 1. The van der Waals surface area contributed by atoms with Gasteiger partial charge in [0.25, 0.3) is 0 Å². The Bertz CT molecular complexity index is 612. The van der Waals surface area contributed by atoms with E-state index in [4.69, 9.17) is 0 Å². The van der Waals surface area contributed by atoms with E-state index in [1.807, 2.05) is 18.2 Å². The number of nitrogens with zero attached hydrogens (tertiary/aromatic N) is 1. The van der Waals surface area contributed by atoms with E-state index in [0.717, 1.165) is 5.03 Å². The molecule has 1 amide bonds. The van der Waals surface area contributed by atoms with Crippen molar-refractivity contribution < 1.29 is 9.59 Å². The molecule has 0 aliphatic rings. The summed E-state index contributed by atoms with van der Waals surface area (Å²) in [6.07, 6.45) is 2.15. The highest BCUT2D eigenvalue weighted by molar-refractivity contribution is 7.99. The van der Waals surface area contributed by atoms with E-state index in [1.54, 1.807) is 42.2 Å². The van der Waals surface area contributed by atoms with E-state index in [9.17, 15) is 9.59 Å². The summed E-state index contributed by atoms with van der Waals surface area (Å²) in [7, 11) is 0. The topological polar surface area (TPSA) is 59.1 Å².